The molecule has 0 unspecified atom stereocenters. The Labute approximate surface area is 112 Å². The minimum atomic E-state index is -0.909. The van der Waals surface area contributed by atoms with Gasteiger partial charge < -0.3 is 15.8 Å². The van der Waals surface area contributed by atoms with Crippen molar-refractivity contribution in [2.24, 2.45) is 5.73 Å². The molecule has 1 rings (SSSR count). The summed E-state index contributed by atoms with van der Waals surface area (Å²) in [6, 6.07) is 3.39. The number of rotatable bonds is 7. The van der Waals surface area contributed by atoms with Gasteiger partial charge in [0.2, 0.25) is 0 Å². The first kappa shape index (κ1) is 15.3. The van der Waals surface area contributed by atoms with Crippen molar-refractivity contribution in [2.45, 2.75) is 6.54 Å². The number of nitrogens with two attached hydrogens (primary N) is 1. The van der Waals surface area contributed by atoms with Gasteiger partial charge in [-0.2, -0.15) is 0 Å². The fourth-order valence-electron chi connectivity index (χ4n) is 1.43. The molecule has 1 aromatic carbocycles. The molecule has 0 saturated heterocycles. The highest BCUT2D eigenvalue weighted by molar-refractivity contribution is 5.64. The van der Waals surface area contributed by atoms with Crippen LogP contribution in [0.5, 0.6) is 0 Å². The second-order valence-electron chi connectivity index (χ2n) is 3.67. The molecule has 0 aliphatic carbocycles. The molecule has 0 atom stereocenters. The monoisotopic (exact) mass is 284 g/mol. The number of benzene rings is 1. The van der Waals surface area contributed by atoms with Gasteiger partial charge in [0.15, 0.2) is 0 Å². The summed E-state index contributed by atoms with van der Waals surface area (Å²) in [6.07, 6.45) is -0.909. The summed E-state index contributed by atoms with van der Waals surface area (Å²) in [4.78, 5) is 30.3. The van der Waals surface area contributed by atoms with Crippen LogP contribution in [0.2, 0.25) is 0 Å². The minimum absolute atomic E-state index is 0.0239. The number of carbonyl (C=O) groups excluding carboxylic acids is 1. The zero-order valence-electron chi connectivity index (χ0n) is 10.3. The van der Waals surface area contributed by atoms with E-state index in [1.807, 2.05) is 0 Å². The van der Waals surface area contributed by atoms with Crippen molar-refractivity contribution in [3.05, 3.63) is 44.0 Å². The average Bonchev–Trinajstić information content (AvgIpc) is 2.37. The molecule has 20 heavy (non-hydrogen) atoms. The first-order valence-corrected chi connectivity index (χ1v) is 5.46. The Hall–Kier alpha value is -2.75. The molecule has 0 aromatic heterocycles. The Morgan fingerprint density at radius 2 is 2.00 bits per heavy atom. The third-order valence-electron chi connectivity index (χ3n) is 2.32. The molecule has 1 amide bonds. The summed E-state index contributed by atoms with van der Waals surface area (Å²) in [5.74, 6) is 0. The van der Waals surface area contributed by atoms with Gasteiger partial charge in [0.25, 0.3) is 11.4 Å². The van der Waals surface area contributed by atoms with E-state index in [-0.39, 0.29) is 31.1 Å². The lowest BCUT2D eigenvalue weighted by atomic mass is 10.1. The summed E-state index contributed by atoms with van der Waals surface area (Å²) in [5.41, 5.74) is 4.35. The van der Waals surface area contributed by atoms with Crippen LogP contribution in [0.4, 0.5) is 16.2 Å². The van der Waals surface area contributed by atoms with E-state index >= 15 is 0 Å². The second kappa shape index (κ2) is 6.99. The summed E-state index contributed by atoms with van der Waals surface area (Å²) in [6.45, 7) is 0.379. The van der Waals surface area contributed by atoms with Gasteiger partial charge in [-0.05, 0) is 6.07 Å². The number of amides is 1. The zero-order valence-corrected chi connectivity index (χ0v) is 10.3. The van der Waals surface area contributed by atoms with Crippen molar-refractivity contribution in [2.75, 3.05) is 13.2 Å². The molecule has 10 nitrogen and oxygen atoms in total. The minimum Gasteiger partial charge on any atom is -0.448 e. The van der Waals surface area contributed by atoms with Crippen LogP contribution in [-0.2, 0) is 11.3 Å². The lowest BCUT2D eigenvalue weighted by Gasteiger charge is -2.05. The SMILES string of the molecule is NC(=O)OCCNCc1ccc([N+](=O)[O-])cc1[N+](=O)[O-]. The van der Waals surface area contributed by atoms with E-state index in [1.54, 1.807) is 0 Å². The Morgan fingerprint density at radius 1 is 1.30 bits per heavy atom. The molecule has 0 saturated carbocycles. The van der Waals surface area contributed by atoms with Gasteiger partial charge in [0, 0.05) is 24.7 Å². The van der Waals surface area contributed by atoms with E-state index in [0.717, 1.165) is 6.07 Å². The highest BCUT2D eigenvalue weighted by atomic mass is 16.6. The zero-order chi connectivity index (χ0) is 15.1. The molecule has 0 spiro atoms. The standard InChI is InChI=1S/C10H12N4O6/c11-10(15)20-4-3-12-6-7-1-2-8(13(16)17)5-9(7)14(18)19/h1-2,5,12H,3-4,6H2,(H2,11,15). The lowest BCUT2D eigenvalue weighted by Crippen LogP contribution is -2.23. The molecular weight excluding hydrogens is 272 g/mol. The number of ether oxygens (including phenoxy) is 1. The molecule has 108 valence electrons. The maximum atomic E-state index is 10.8. The Morgan fingerprint density at radius 3 is 2.55 bits per heavy atom. The average molecular weight is 284 g/mol. The van der Waals surface area contributed by atoms with Crippen molar-refractivity contribution >= 4 is 17.5 Å². The molecule has 3 N–H and O–H groups in total. The molecular formula is C10H12N4O6. The fraction of sp³-hybridized carbons (Fsp3) is 0.300. The van der Waals surface area contributed by atoms with Crippen molar-refractivity contribution in [3.8, 4) is 0 Å². The quantitative estimate of drug-likeness (QED) is 0.424. The number of nitro groups is 2. The summed E-state index contributed by atoms with van der Waals surface area (Å²) >= 11 is 0. The summed E-state index contributed by atoms with van der Waals surface area (Å²) in [5, 5.41) is 24.2. The predicted molar refractivity (Wildman–Crippen MR) is 67.0 cm³/mol. The lowest BCUT2D eigenvalue weighted by molar-refractivity contribution is -0.394. The molecule has 0 bridgehead atoms. The Kier molecular flexibility index (Phi) is 5.35. The van der Waals surface area contributed by atoms with Crippen LogP contribution >= 0.6 is 0 Å². The third-order valence-corrected chi connectivity index (χ3v) is 2.32. The topological polar surface area (TPSA) is 151 Å². The Balaban J connectivity index is 2.67. The van der Waals surface area contributed by atoms with Crippen molar-refractivity contribution in [1.82, 2.24) is 5.32 Å². The number of hydrogen-bond donors (Lipinski definition) is 2. The van der Waals surface area contributed by atoms with E-state index < -0.39 is 15.9 Å². The highest BCUT2D eigenvalue weighted by Crippen LogP contribution is 2.24. The van der Waals surface area contributed by atoms with Crippen molar-refractivity contribution < 1.29 is 19.4 Å². The predicted octanol–water partition coefficient (Wildman–Crippen LogP) is 0.688. The second-order valence-corrected chi connectivity index (χ2v) is 3.67. The van der Waals surface area contributed by atoms with Gasteiger partial charge in [0.1, 0.15) is 6.61 Å². The third kappa shape index (κ3) is 4.49. The maximum Gasteiger partial charge on any atom is 0.404 e. The van der Waals surface area contributed by atoms with Gasteiger partial charge in [-0.1, -0.05) is 0 Å². The molecule has 0 heterocycles. The normalized spacial score (nSPS) is 10.0. The largest absolute Gasteiger partial charge is 0.448 e. The number of hydrogen-bond acceptors (Lipinski definition) is 7. The van der Waals surface area contributed by atoms with Crippen LogP contribution in [0.1, 0.15) is 5.56 Å². The van der Waals surface area contributed by atoms with Crippen molar-refractivity contribution in [3.63, 3.8) is 0 Å². The van der Waals surface area contributed by atoms with E-state index in [9.17, 15) is 25.0 Å². The summed E-state index contributed by atoms with van der Waals surface area (Å²) in [7, 11) is 0. The molecule has 0 fully saturated rings. The maximum absolute atomic E-state index is 10.8. The van der Waals surface area contributed by atoms with E-state index in [1.165, 1.54) is 12.1 Å². The number of non-ortho nitro benzene ring substituents is 1. The van der Waals surface area contributed by atoms with Gasteiger partial charge in [-0.25, -0.2) is 4.79 Å². The smallest absolute Gasteiger partial charge is 0.404 e. The Bertz CT molecular complexity index is 532. The molecule has 0 aliphatic rings. The summed E-state index contributed by atoms with van der Waals surface area (Å²) < 4.78 is 4.46. The van der Waals surface area contributed by atoms with Crippen LogP contribution in [0.3, 0.4) is 0 Å². The number of primary amides is 1. The van der Waals surface area contributed by atoms with E-state index in [2.05, 4.69) is 10.1 Å². The van der Waals surface area contributed by atoms with Crippen LogP contribution in [0.25, 0.3) is 0 Å². The first-order chi connectivity index (χ1) is 9.41. The fourth-order valence-corrected chi connectivity index (χ4v) is 1.43. The number of nitro benzene ring substituents is 2. The van der Waals surface area contributed by atoms with Gasteiger partial charge in [-0.3, -0.25) is 20.2 Å². The molecule has 0 radical (unpaired) electrons. The van der Waals surface area contributed by atoms with Gasteiger partial charge in [-0.15, -0.1) is 0 Å². The van der Waals surface area contributed by atoms with Crippen LogP contribution in [-0.4, -0.2) is 29.1 Å². The van der Waals surface area contributed by atoms with E-state index in [4.69, 9.17) is 5.73 Å². The van der Waals surface area contributed by atoms with Crippen molar-refractivity contribution in [1.29, 1.82) is 0 Å². The van der Waals surface area contributed by atoms with Crippen LogP contribution in [0, 0.1) is 20.2 Å². The van der Waals surface area contributed by atoms with Gasteiger partial charge >= 0.3 is 6.09 Å². The van der Waals surface area contributed by atoms with Crippen LogP contribution in [0.15, 0.2) is 18.2 Å². The molecule has 1 aromatic rings. The first-order valence-electron chi connectivity index (χ1n) is 5.46. The van der Waals surface area contributed by atoms with Gasteiger partial charge in [0.05, 0.1) is 15.9 Å². The van der Waals surface area contributed by atoms with Crippen LogP contribution < -0.4 is 11.1 Å². The molecule has 0 aliphatic heterocycles. The number of nitrogens with one attached hydrogen (secondary N) is 1. The number of carbonyl (C=O) groups is 1. The molecule has 10 heteroatoms. The number of nitrogens with zero attached hydrogens (tertiary/aromatic N) is 2. The highest BCUT2D eigenvalue weighted by Gasteiger charge is 2.18. The van der Waals surface area contributed by atoms with E-state index in [0.29, 0.717) is 5.56 Å².